The van der Waals surface area contributed by atoms with Crippen LogP contribution in [0.1, 0.15) is 0 Å². The minimum absolute atomic E-state index is 0. The second kappa shape index (κ2) is 9.56. The molecule has 0 aliphatic rings. The maximum atomic E-state index is 9.46. The van der Waals surface area contributed by atoms with Crippen molar-refractivity contribution >= 4 is 17.0 Å². The Kier molecular flexibility index (Phi) is 7.44. The van der Waals surface area contributed by atoms with Crippen LogP contribution in [0.4, 0.5) is 5.69 Å². The van der Waals surface area contributed by atoms with Crippen LogP contribution in [0.25, 0.3) is 11.3 Å². The average Bonchev–Trinajstić information content (AvgIpc) is 3.05. The first kappa shape index (κ1) is 20.2. The number of ether oxygens (including phenoxy) is 2. The molecule has 26 heavy (non-hydrogen) atoms. The summed E-state index contributed by atoms with van der Waals surface area (Å²) in [6, 6.07) is 15.5. The highest BCUT2D eigenvalue weighted by molar-refractivity contribution is 7.07. The molecule has 0 aliphatic heterocycles. The van der Waals surface area contributed by atoms with Crippen molar-refractivity contribution in [3.05, 3.63) is 58.7 Å². The van der Waals surface area contributed by atoms with Crippen molar-refractivity contribution < 1.29 is 31.6 Å². The van der Waals surface area contributed by atoms with E-state index < -0.39 is 0 Å². The van der Waals surface area contributed by atoms with Gasteiger partial charge in [-0.1, -0.05) is 0 Å². The third-order valence-electron chi connectivity index (χ3n) is 3.80. The number of thiazole rings is 1. The molecule has 3 aromatic rings. The van der Waals surface area contributed by atoms with E-state index in [9.17, 15) is 5.11 Å². The van der Waals surface area contributed by atoms with Gasteiger partial charge in [-0.25, -0.2) is 4.99 Å². The van der Waals surface area contributed by atoms with Crippen molar-refractivity contribution in [3.63, 3.8) is 0 Å². The molecule has 5 nitrogen and oxygen atoms in total. The van der Waals surface area contributed by atoms with E-state index >= 15 is 0 Å². The number of hydrogen-bond acceptors (Lipinski definition) is 5. The molecular formula is C19H20BrN2O3S-. The SMILES string of the molecule is COc1ccc(N=c2scc(-c3ccc(OC)cc3)n2CCO)cc1.[Br-]. The molecule has 0 atom stereocenters. The maximum absolute atomic E-state index is 9.46. The minimum Gasteiger partial charge on any atom is -1.00 e. The van der Waals surface area contributed by atoms with Crippen LogP contribution < -0.4 is 31.3 Å². The second-order valence-electron chi connectivity index (χ2n) is 5.32. The summed E-state index contributed by atoms with van der Waals surface area (Å²) in [5.74, 6) is 1.61. The van der Waals surface area contributed by atoms with E-state index in [1.54, 1.807) is 25.6 Å². The van der Waals surface area contributed by atoms with Gasteiger partial charge in [0.15, 0.2) is 4.80 Å². The van der Waals surface area contributed by atoms with Crippen LogP contribution in [0.15, 0.2) is 58.9 Å². The zero-order chi connectivity index (χ0) is 17.6. The summed E-state index contributed by atoms with van der Waals surface area (Å²) in [7, 11) is 3.29. The first-order valence-corrected chi connectivity index (χ1v) is 8.75. The lowest BCUT2D eigenvalue weighted by atomic mass is 10.1. The highest BCUT2D eigenvalue weighted by Crippen LogP contribution is 2.24. The lowest BCUT2D eigenvalue weighted by Gasteiger charge is -2.08. The molecule has 7 heteroatoms. The molecule has 0 amide bonds. The Morgan fingerprint density at radius 2 is 1.54 bits per heavy atom. The maximum Gasteiger partial charge on any atom is 0.190 e. The Morgan fingerprint density at radius 1 is 0.962 bits per heavy atom. The molecule has 1 heterocycles. The Morgan fingerprint density at radius 3 is 2.08 bits per heavy atom. The molecular weight excluding hydrogens is 416 g/mol. The summed E-state index contributed by atoms with van der Waals surface area (Å²) in [6.07, 6.45) is 0. The predicted octanol–water partition coefficient (Wildman–Crippen LogP) is 0.462. The smallest absolute Gasteiger partial charge is 0.190 e. The zero-order valence-corrected chi connectivity index (χ0v) is 17.0. The molecule has 0 saturated heterocycles. The van der Waals surface area contributed by atoms with Crippen LogP contribution in [-0.4, -0.2) is 30.5 Å². The Labute approximate surface area is 167 Å². The van der Waals surface area contributed by atoms with Crippen molar-refractivity contribution in [3.8, 4) is 22.8 Å². The van der Waals surface area contributed by atoms with E-state index in [2.05, 4.69) is 5.38 Å². The summed E-state index contributed by atoms with van der Waals surface area (Å²) in [5, 5.41) is 11.5. The van der Waals surface area contributed by atoms with Gasteiger partial charge >= 0.3 is 0 Å². The van der Waals surface area contributed by atoms with E-state index in [0.717, 1.165) is 33.2 Å². The van der Waals surface area contributed by atoms with Gasteiger partial charge in [0, 0.05) is 11.9 Å². The molecule has 0 spiro atoms. The quantitative estimate of drug-likeness (QED) is 0.611. The summed E-state index contributed by atoms with van der Waals surface area (Å²) in [4.78, 5) is 5.54. The molecule has 1 aromatic heterocycles. The highest BCUT2D eigenvalue weighted by atomic mass is 79.9. The van der Waals surface area contributed by atoms with Crippen molar-refractivity contribution in [2.75, 3.05) is 20.8 Å². The molecule has 1 N–H and O–H groups in total. The fraction of sp³-hybridized carbons (Fsp3) is 0.211. The van der Waals surface area contributed by atoms with Crippen LogP contribution in [0, 0.1) is 0 Å². The summed E-state index contributed by atoms with van der Waals surface area (Å²) < 4.78 is 12.4. The van der Waals surface area contributed by atoms with Gasteiger partial charge in [-0.15, -0.1) is 11.3 Å². The van der Waals surface area contributed by atoms with Crippen LogP contribution in [0.5, 0.6) is 11.5 Å². The number of aromatic nitrogens is 1. The third kappa shape index (κ3) is 4.55. The number of rotatable bonds is 6. The van der Waals surface area contributed by atoms with E-state index in [0.29, 0.717) is 6.54 Å². The van der Waals surface area contributed by atoms with Gasteiger partial charge in [0.25, 0.3) is 0 Å². The summed E-state index contributed by atoms with van der Waals surface area (Å²) in [6.45, 7) is 0.537. The second-order valence-corrected chi connectivity index (χ2v) is 6.15. The van der Waals surface area contributed by atoms with Gasteiger partial charge in [-0.05, 0) is 54.1 Å². The molecule has 0 unspecified atom stereocenters. The molecule has 3 rings (SSSR count). The predicted molar refractivity (Wildman–Crippen MR) is 99.6 cm³/mol. The lowest BCUT2D eigenvalue weighted by Crippen LogP contribution is -3.00. The first-order valence-electron chi connectivity index (χ1n) is 7.87. The third-order valence-corrected chi connectivity index (χ3v) is 4.67. The molecule has 0 aliphatic carbocycles. The van der Waals surface area contributed by atoms with Gasteiger partial charge in [-0.3, -0.25) is 0 Å². The lowest BCUT2D eigenvalue weighted by molar-refractivity contribution is -0.00000674. The number of methoxy groups -OCH3 is 2. The Bertz CT molecular complexity index is 886. The molecule has 0 radical (unpaired) electrons. The van der Waals surface area contributed by atoms with Crippen molar-refractivity contribution in [2.24, 2.45) is 4.99 Å². The van der Waals surface area contributed by atoms with Crippen LogP contribution >= 0.6 is 11.3 Å². The van der Waals surface area contributed by atoms with Gasteiger partial charge < -0.3 is 36.1 Å². The fourth-order valence-corrected chi connectivity index (χ4v) is 3.45. The normalized spacial score (nSPS) is 11.1. The molecule has 2 aromatic carbocycles. The minimum atomic E-state index is 0. The monoisotopic (exact) mass is 435 g/mol. The number of aliphatic hydroxyl groups excluding tert-OH is 1. The van der Waals surface area contributed by atoms with Gasteiger partial charge in [0.2, 0.25) is 0 Å². The van der Waals surface area contributed by atoms with Gasteiger partial charge in [0.05, 0.1) is 32.2 Å². The van der Waals surface area contributed by atoms with Crippen LogP contribution in [0.3, 0.4) is 0 Å². The van der Waals surface area contributed by atoms with Crippen LogP contribution in [0.2, 0.25) is 0 Å². The van der Waals surface area contributed by atoms with E-state index in [1.165, 1.54) is 0 Å². The molecule has 0 saturated carbocycles. The largest absolute Gasteiger partial charge is 1.00 e. The number of hydrogen-bond donors (Lipinski definition) is 1. The fourth-order valence-electron chi connectivity index (χ4n) is 2.49. The number of halogens is 1. The van der Waals surface area contributed by atoms with E-state index in [1.807, 2.05) is 53.1 Å². The Balaban J connectivity index is 0.00000243. The van der Waals surface area contributed by atoms with Crippen molar-refractivity contribution in [2.45, 2.75) is 6.54 Å². The Hall–Kier alpha value is -2.09. The van der Waals surface area contributed by atoms with Gasteiger partial charge in [-0.2, -0.15) is 0 Å². The number of nitrogens with zero attached hydrogens (tertiary/aromatic N) is 2. The zero-order valence-electron chi connectivity index (χ0n) is 14.6. The average molecular weight is 436 g/mol. The standard InChI is InChI=1S/C19H20N2O3S.BrH/c1-23-16-7-3-14(4-8-16)18-13-25-19(21(18)11-12-22)20-15-5-9-17(24-2)10-6-15;/h3-10,13,22H,11-12H2,1-2H3;1H/p-1. The molecule has 138 valence electrons. The van der Waals surface area contributed by atoms with E-state index in [4.69, 9.17) is 14.5 Å². The summed E-state index contributed by atoms with van der Waals surface area (Å²) in [5.41, 5.74) is 2.92. The highest BCUT2D eigenvalue weighted by Gasteiger charge is 2.08. The number of aliphatic hydroxyl groups is 1. The van der Waals surface area contributed by atoms with Crippen molar-refractivity contribution in [1.82, 2.24) is 4.57 Å². The van der Waals surface area contributed by atoms with E-state index in [-0.39, 0.29) is 23.6 Å². The summed E-state index contributed by atoms with van der Waals surface area (Å²) >= 11 is 1.55. The van der Waals surface area contributed by atoms with Crippen molar-refractivity contribution in [1.29, 1.82) is 0 Å². The number of benzene rings is 2. The first-order chi connectivity index (χ1) is 12.2. The van der Waals surface area contributed by atoms with Crippen LogP contribution in [-0.2, 0) is 6.54 Å². The molecule has 0 bridgehead atoms. The molecule has 0 fully saturated rings. The van der Waals surface area contributed by atoms with Gasteiger partial charge in [0.1, 0.15) is 11.5 Å². The topological polar surface area (TPSA) is 56.0 Å².